The third-order valence-corrected chi connectivity index (χ3v) is 4.18. The Labute approximate surface area is 163 Å². The van der Waals surface area contributed by atoms with Gasteiger partial charge in [-0.2, -0.15) is 13.2 Å². The van der Waals surface area contributed by atoms with E-state index < -0.39 is 29.7 Å². The predicted octanol–water partition coefficient (Wildman–Crippen LogP) is 3.65. The Hall–Kier alpha value is -3.43. The lowest BCUT2D eigenvalue weighted by Crippen LogP contribution is -2.30. The minimum absolute atomic E-state index is 0.156. The van der Waals surface area contributed by atoms with E-state index in [1.54, 1.807) is 16.8 Å². The second-order valence-corrected chi connectivity index (χ2v) is 6.22. The number of amides is 1. The van der Waals surface area contributed by atoms with Crippen LogP contribution in [-0.2, 0) is 22.3 Å². The molecule has 0 aliphatic rings. The van der Waals surface area contributed by atoms with Gasteiger partial charge in [0.2, 0.25) is 0 Å². The van der Waals surface area contributed by atoms with Crippen LogP contribution in [0.15, 0.2) is 42.5 Å². The van der Waals surface area contributed by atoms with Gasteiger partial charge in [-0.05, 0) is 56.3 Å². The van der Waals surface area contributed by atoms with Crippen molar-refractivity contribution in [3.8, 4) is 0 Å². The van der Waals surface area contributed by atoms with E-state index in [4.69, 9.17) is 4.74 Å². The summed E-state index contributed by atoms with van der Waals surface area (Å²) in [4.78, 5) is 24.5. The van der Waals surface area contributed by atoms with Gasteiger partial charge in [-0.3, -0.25) is 4.79 Å². The van der Waals surface area contributed by atoms with Crippen LogP contribution in [0.2, 0.25) is 0 Å². The van der Waals surface area contributed by atoms with Crippen LogP contribution in [0.5, 0.6) is 0 Å². The van der Waals surface area contributed by atoms with E-state index >= 15 is 0 Å². The summed E-state index contributed by atoms with van der Waals surface area (Å²) in [5.74, 6) is -1.40. The number of anilines is 1. The van der Waals surface area contributed by atoms with Crippen molar-refractivity contribution in [2.24, 2.45) is 0 Å². The summed E-state index contributed by atoms with van der Waals surface area (Å²) >= 11 is 0. The van der Waals surface area contributed by atoms with Gasteiger partial charge in [-0.15, -0.1) is 5.10 Å². The van der Waals surface area contributed by atoms with Crippen molar-refractivity contribution >= 4 is 28.6 Å². The maximum Gasteiger partial charge on any atom is 0.416 e. The van der Waals surface area contributed by atoms with Crippen LogP contribution in [0, 0.1) is 0 Å². The molecule has 152 valence electrons. The number of aromatic nitrogens is 3. The Bertz CT molecular complexity index is 1050. The number of nitrogens with zero attached hydrogens (tertiary/aromatic N) is 3. The first kappa shape index (κ1) is 20.3. The summed E-state index contributed by atoms with van der Waals surface area (Å²) in [6.07, 6.45) is -5.62. The number of fused-ring (bicyclic) bond motifs is 1. The number of esters is 1. The second kappa shape index (κ2) is 7.90. The van der Waals surface area contributed by atoms with Crippen LogP contribution in [0.1, 0.15) is 29.8 Å². The largest absolute Gasteiger partial charge is 0.449 e. The highest BCUT2D eigenvalue weighted by Gasteiger charge is 2.30. The molecule has 0 spiro atoms. The van der Waals surface area contributed by atoms with Crippen molar-refractivity contribution in [3.05, 3.63) is 53.6 Å². The van der Waals surface area contributed by atoms with Gasteiger partial charge in [0.25, 0.3) is 5.91 Å². The van der Waals surface area contributed by atoms with Crippen molar-refractivity contribution < 1.29 is 27.5 Å². The maximum atomic E-state index is 12.6. The zero-order valence-corrected chi connectivity index (χ0v) is 15.5. The molecule has 0 aliphatic carbocycles. The number of alkyl halides is 3. The number of ether oxygens (including phenoxy) is 1. The zero-order chi connectivity index (χ0) is 21.2. The first-order chi connectivity index (χ1) is 13.7. The van der Waals surface area contributed by atoms with Crippen molar-refractivity contribution in [2.45, 2.75) is 32.7 Å². The standard InChI is InChI=1S/C19H17F3N4O3/c1-3-26-16-9-4-12(10-15(16)24-25-26)18(28)29-11(2)17(27)23-14-7-5-13(6-8-14)19(20,21)22/h4-11H,3H2,1-2H3,(H,23,27)/t11-/m1/s1. The fourth-order valence-corrected chi connectivity index (χ4v) is 2.60. The zero-order valence-electron chi connectivity index (χ0n) is 15.5. The number of hydrogen-bond donors (Lipinski definition) is 1. The molecule has 0 unspecified atom stereocenters. The molecule has 1 N–H and O–H groups in total. The predicted molar refractivity (Wildman–Crippen MR) is 98.2 cm³/mol. The average Bonchev–Trinajstić information content (AvgIpc) is 3.09. The lowest BCUT2D eigenvalue weighted by Gasteiger charge is -2.14. The Morgan fingerprint density at radius 2 is 1.86 bits per heavy atom. The molecule has 0 saturated carbocycles. The van der Waals surface area contributed by atoms with Crippen molar-refractivity contribution in [3.63, 3.8) is 0 Å². The number of carbonyl (C=O) groups excluding carboxylic acids is 2. The molecule has 0 fully saturated rings. The average molecular weight is 406 g/mol. The molecule has 1 heterocycles. The monoisotopic (exact) mass is 406 g/mol. The molecular formula is C19H17F3N4O3. The maximum absolute atomic E-state index is 12.6. The highest BCUT2D eigenvalue weighted by atomic mass is 19.4. The number of rotatable bonds is 5. The second-order valence-electron chi connectivity index (χ2n) is 6.22. The molecule has 3 aromatic rings. The molecule has 1 amide bonds. The number of aryl methyl sites for hydroxylation is 1. The Morgan fingerprint density at radius 3 is 2.48 bits per heavy atom. The molecule has 3 rings (SSSR count). The minimum Gasteiger partial charge on any atom is -0.449 e. The molecule has 0 aliphatic heterocycles. The molecular weight excluding hydrogens is 389 g/mol. The van der Waals surface area contributed by atoms with Gasteiger partial charge >= 0.3 is 12.1 Å². The molecule has 7 nitrogen and oxygen atoms in total. The molecule has 2 aromatic carbocycles. The first-order valence-corrected chi connectivity index (χ1v) is 8.71. The van der Waals surface area contributed by atoms with E-state index in [2.05, 4.69) is 15.6 Å². The SMILES string of the molecule is CCn1nnc2cc(C(=O)O[C@H](C)C(=O)Nc3ccc(C(F)(F)F)cc3)ccc21. The summed E-state index contributed by atoms with van der Waals surface area (Å²) in [5, 5.41) is 10.3. The molecule has 0 saturated heterocycles. The smallest absolute Gasteiger partial charge is 0.416 e. The van der Waals surface area contributed by atoms with Gasteiger partial charge in [0, 0.05) is 12.2 Å². The Morgan fingerprint density at radius 1 is 1.17 bits per heavy atom. The van der Waals surface area contributed by atoms with Gasteiger partial charge in [-0.25, -0.2) is 9.48 Å². The number of hydrogen-bond acceptors (Lipinski definition) is 5. The van der Waals surface area contributed by atoms with E-state index in [1.165, 1.54) is 13.0 Å². The fraction of sp³-hybridized carbons (Fsp3) is 0.263. The Kier molecular flexibility index (Phi) is 5.53. The number of halogens is 3. The van der Waals surface area contributed by atoms with Crippen molar-refractivity contribution in [1.82, 2.24) is 15.0 Å². The summed E-state index contributed by atoms with van der Waals surface area (Å²) < 4.78 is 44.6. The number of carbonyl (C=O) groups is 2. The van der Waals surface area contributed by atoms with Crippen molar-refractivity contribution in [2.75, 3.05) is 5.32 Å². The van der Waals surface area contributed by atoms with Gasteiger partial charge in [0.15, 0.2) is 6.10 Å². The molecule has 1 aromatic heterocycles. The van der Waals surface area contributed by atoms with Crippen LogP contribution in [-0.4, -0.2) is 33.0 Å². The topological polar surface area (TPSA) is 86.1 Å². The van der Waals surface area contributed by atoms with E-state index in [0.717, 1.165) is 29.8 Å². The quantitative estimate of drug-likeness (QED) is 0.654. The lowest BCUT2D eigenvalue weighted by molar-refractivity contribution is -0.137. The fourth-order valence-electron chi connectivity index (χ4n) is 2.60. The highest BCUT2D eigenvalue weighted by molar-refractivity contribution is 5.98. The Balaban J connectivity index is 1.63. The van der Waals surface area contributed by atoms with Gasteiger partial charge in [0.1, 0.15) is 5.52 Å². The first-order valence-electron chi connectivity index (χ1n) is 8.71. The van der Waals surface area contributed by atoms with Crippen LogP contribution in [0.3, 0.4) is 0 Å². The summed E-state index contributed by atoms with van der Waals surface area (Å²) in [7, 11) is 0. The van der Waals surface area contributed by atoms with Crippen molar-refractivity contribution in [1.29, 1.82) is 0 Å². The van der Waals surface area contributed by atoms with Crippen LogP contribution >= 0.6 is 0 Å². The van der Waals surface area contributed by atoms with E-state index in [0.29, 0.717) is 12.1 Å². The minimum atomic E-state index is -4.46. The lowest BCUT2D eigenvalue weighted by atomic mass is 10.2. The third kappa shape index (κ3) is 4.53. The van der Waals surface area contributed by atoms with E-state index in [9.17, 15) is 22.8 Å². The van der Waals surface area contributed by atoms with Crippen LogP contribution in [0.25, 0.3) is 11.0 Å². The number of benzene rings is 2. The van der Waals surface area contributed by atoms with Gasteiger partial charge < -0.3 is 10.1 Å². The summed E-state index contributed by atoms with van der Waals surface area (Å²) in [6, 6.07) is 8.69. The normalized spacial score (nSPS) is 12.6. The van der Waals surface area contributed by atoms with Crippen LogP contribution in [0.4, 0.5) is 18.9 Å². The number of nitrogens with one attached hydrogen (secondary N) is 1. The summed E-state index contributed by atoms with van der Waals surface area (Å²) in [5.41, 5.74) is 0.809. The highest BCUT2D eigenvalue weighted by Crippen LogP contribution is 2.29. The molecule has 29 heavy (non-hydrogen) atoms. The molecule has 1 atom stereocenters. The van der Waals surface area contributed by atoms with Gasteiger partial charge in [0.05, 0.1) is 16.6 Å². The van der Waals surface area contributed by atoms with Gasteiger partial charge in [-0.1, -0.05) is 5.21 Å². The molecule has 0 radical (unpaired) electrons. The molecule has 10 heteroatoms. The summed E-state index contributed by atoms with van der Waals surface area (Å²) in [6.45, 7) is 3.90. The molecule has 0 bridgehead atoms. The van der Waals surface area contributed by atoms with E-state index in [1.807, 2.05) is 6.92 Å². The van der Waals surface area contributed by atoms with E-state index in [-0.39, 0.29) is 11.3 Å². The third-order valence-electron chi connectivity index (χ3n) is 4.18. The van der Waals surface area contributed by atoms with Crippen LogP contribution < -0.4 is 5.32 Å².